The van der Waals surface area contributed by atoms with Gasteiger partial charge < -0.3 is 15.2 Å². The zero-order valence-corrected chi connectivity index (χ0v) is 12.6. The molecule has 1 aromatic heterocycles. The normalized spacial score (nSPS) is 10.6. The summed E-state index contributed by atoms with van der Waals surface area (Å²) >= 11 is 0. The van der Waals surface area contributed by atoms with Crippen molar-refractivity contribution in [2.45, 2.75) is 13.5 Å². The SMILES string of the molecule is CNc1nc2ccccc2n1CC(=O)Nc1cccc(C)c1. The van der Waals surface area contributed by atoms with Gasteiger partial charge in [-0.1, -0.05) is 24.3 Å². The minimum atomic E-state index is -0.0785. The molecule has 2 N–H and O–H groups in total. The van der Waals surface area contributed by atoms with Crippen LogP contribution in [0.5, 0.6) is 0 Å². The number of para-hydroxylation sites is 2. The molecular formula is C17H18N4O. The molecule has 1 heterocycles. The second-order valence-electron chi connectivity index (χ2n) is 5.18. The lowest BCUT2D eigenvalue weighted by molar-refractivity contribution is -0.116. The number of carbonyl (C=O) groups excluding carboxylic acids is 1. The van der Waals surface area contributed by atoms with Gasteiger partial charge in [0.1, 0.15) is 6.54 Å². The van der Waals surface area contributed by atoms with Gasteiger partial charge in [-0.3, -0.25) is 4.79 Å². The van der Waals surface area contributed by atoms with Gasteiger partial charge in [-0.25, -0.2) is 4.98 Å². The van der Waals surface area contributed by atoms with Crippen molar-refractivity contribution >= 4 is 28.6 Å². The maximum absolute atomic E-state index is 12.3. The quantitative estimate of drug-likeness (QED) is 0.777. The summed E-state index contributed by atoms with van der Waals surface area (Å²) in [5.74, 6) is 0.603. The highest BCUT2D eigenvalue weighted by Gasteiger charge is 2.12. The zero-order chi connectivity index (χ0) is 15.5. The van der Waals surface area contributed by atoms with Crippen molar-refractivity contribution in [3.8, 4) is 0 Å². The number of aromatic nitrogens is 2. The van der Waals surface area contributed by atoms with Gasteiger partial charge in [0.15, 0.2) is 0 Å². The van der Waals surface area contributed by atoms with Crippen LogP contribution in [0.25, 0.3) is 11.0 Å². The Morgan fingerprint density at radius 3 is 2.77 bits per heavy atom. The summed E-state index contributed by atoms with van der Waals surface area (Å²) in [4.78, 5) is 16.8. The van der Waals surface area contributed by atoms with Crippen LogP contribution < -0.4 is 10.6 Å². The van der Waals surface area contributed by atoms with E-state index in [4.69, 9.17) is 0 Å². The van der Waals surface area contributed by atoms with E-state index in [1.165, 1.54) is 0 Å². The highest BCUT2D eigenvalue weighted by molar-refractivity contribution is 5.92. The van der Waals surface area contributed by atoms with Crippen LogP contribution in [0.4, 0.5) is 11.6 Å². The number of benzene rings is 2. The number of hydrogen-bond donors (Lipinski definition) is 2. The van der Waals surface area contributed by atoms with E-state index in [9.17, 15) is 4.79 Å². The van der Waals surface area contributed by atoms with Crippen molar-refractivity contribution < 1.29 is 4.79 Å². The predicted molar refractivity (Wildman–Crippen MR) is 89.1 cm³/mol. The molecule has 0 unspecified atom stereocenters. The molecule has 0 atom stereocenters. The molecule has 1 amide bonds. The lowest BCUT2D eigenvalue weighted by Crippen LogP contribution is -2.19. The summed E-state index contributed by atoms with van der Waals surface area (Å²) in [5.41, 5.74) is 3.73. The third-order valence-corrected chi connectivity index (χ3v) is 3.48. The molecule has 0 spiro atoms. The van der Waals surface area contributed by atoms with Crippen molar-refractivity contribution in [1.82, 2.24) is 9.55 Å². The molecular weight excluding hydrogens is 276 g/mol. The number of nitrogens with one attached hydrogen (secondary N) is 2. The minimum Gasteiger partial charge on any atom is -0.359 e. The number of amides is 1. The second kappa shape index (κ2) is 5.89. The van der Waals surface area contributed by atoms with Crippen LogP contribution in [0.2, 0.25) is 0 Å². The smallest absolute Gasteiger partial charge is 0.244 e. The Morgan fingerprint density at radius 2 is 2.00 bits per heavy atom. The van der Waals surface area contributed by atoms with Crippen LogP contribution in [0, 0.1) is 6.92 Å². The third-order valence-electron chi connectivity index (χ3n) is 3.48. The number of carbonyl (C=O) groups is 1. The summed E-state index contributed by atoms with van der Waals surface area (Å²) < 4.78 is 1.88. The molecule has 112 valence electrons. The molecule has 0 aliphatic carbocycles. The van der Waals surface area contributed by atoms with Gasteiger partial charge in [0.25, 0.3) is 0 Å². The molecule has 0 saturated carbocycles. The maximum atomic E-state index is 12.3. The first-order valence-electron chi connectivity index (χ1n) is 7.17. The second-order valence-corrected chi connectivity index (χ2v) is 5.18. The van der Waals surface area contributed by atoms with Crippen molar-refractivity contribution in [3.05, 3.63) is 54.1 Å². The fourth-order valence-electron chi connectivity index (χ4n) is 2.49. The first-order chi connectivity index (χ1) is 10.7. The Hall–Kier alpha value is -2.82. The van der Waals surface area contributed by atoms with Crippen LogP contribution in [0.3, 0.4) is 0 Å². The van der Waals surface area contributed by atoms with Crippen molar-refractivity contribution in [2.24, 2.45) is 0 Å². The van der Waals surface area contributed by atoms with E-state index < -0.39 is 0 Å². The monoisotopic (exact) mass is 294 g/mol. The molecule has 0 radical (unpaired) electrons. The number of hydrogen-bond acceptors (Lipinski definition) is 3. The van der Waals surface area contributed by atoms with Crippen LogP contribution >= 0.6 is 0 Å². The van der Waals surface area contributed by atoms with E-state index in [2.05, 4.69) is 15.6 Å². The van der Waals surface area contributed by atoms with Crippen LogP contribution in [0.15, 0.2) is 48.5 Å². The van der Waals surface area contributed by atoms with Crippen molar-refractivity contribution in [3.63, 3.8) is 0 Å². The number of aryl methyl sites for hydroxylation is 1. The largest absolute Gasteiger partial charge is 0.359 e. The number of fused-ring (bicyclic) bond motifs is 1. The lowest BCUT2D eigenvalue weighted by atomic mass is 10.2. The fraction of sp³-hybridized carbons (Fsp3) is 0.176. The molecule has 0 bridgehead atoms. The van der Waals surface area contributed by atoms with E-state index in [-0.39, 0.29) is 12.5 Å². The number of nitrogens with zero attached hydrogens (tertiary/aromatic N) is 2. The van der Waals surface area contributed by atoms with Gasteiger partial charge >= 0.3 is 0 Å². The summed E-state index contributed by atoms with van der Waals surface area (Å²) in [5, 5.41) is 5.96. The molecule has 0 fully saturated rings. The summed E-state index contributed by atoms with van der Waals surface area (Å²) in [6, 6.07) is 15.5. The molecule has 2 aromatic carbocycles. The minimum absolute atomic E-state index is 0.0785. The number of rotatable bonds is 4. The van der Waals surface area contributed by atoms with Gasteiger partial charge in [0.2, 0.25) is 11.9 Å². The Bertz CT molecular complexity index is 822. The fourth-order valence-corrected chi connectivity index (χ4v) is 2.49. The Kier molecular flexibility index (Phi) is 3.78. The van der Waals surface area contributed by atoms with Gasteiger partial charge in [0, 0.05) is 12.7 Å². The highest BCUT2D eigenvalue weighted by atomic mass is 16.1. The van der Waals surface area contributed by atoms with E-state index in [1.807, 2.05) is 60.0 Å². The maximum Gasteiger partial charge on any atom is 0.244 e. The Morgan fingerprint density at radius 1 is 1.18 bits per heavy atom. The van der Waals surface area contributed by atoms with Crippen molar-refractivity contribution in [2.75, 3.05) is 17.7 Å². The first kappa shape index (κ1) is 14.1. The number of anilines is 2. The van der Waals surface area contributed by atoms with E-state index in [0.717, 1.165) is 22.3 Å². The van der Waals surface area contributed by atoms with Gasteiger partial charge in [-0.05, 0) is 36.8 Å². The molecule has 3 rings (SSSR count). The van der Waals surface area contributed by atoms with E-state index >= 15 is 0 Å². The van der Waals surface area contributed by atoms with Crippen LogP contribution in [-0.2, 0) is 11.3 Å². The molecule has 0 aliphatic rings. The van der Waals surface area contributed by atoms with E-state index in [0.29, 0.717) is 5.95 Å². The van der Waals surface area contributed by atoms with Gasteiger partial charge in [0.05, 0.1) is 11.0 Å². The third kappa shape index (κ3) is 2.79. The summed E-state index contributed by atoms with van der Waals surface area (Å²) in [6.07, 6.45) is 0. The number of imidazole rings is 1. The molecule has 0 aliphatic heterocycles. The molecule has 5 heteroatoms. The molecule has 3 aromatic rings. The standard InChI is InChI=1S/C17H18N4O/c1-12-6-5-7-13(10-12)19-16(22)11-21-15-9-4-3-8-14(15)20-17(21)18-2/h3-10H,11H2,1-2H3,(H,18,20)(H,19,22). The van der Waals surface area contributed by atoms with E-state index in [1.54, 1.807) is 7.05 Å². The zero-order valence-electron chi connectivity index (χ0n) is 12.6. The topological polar surface area (TPSA) is 59.0 Å². The Labute approximate surface area is 129 Å². The first-order valence-corrected chi connectivity index (χ1v) is 7.17. The lowest BCUT2D eigenvalue weighted by Gasteiger charge is -2.10. The Balaban J connectivity index is 1.85. The van der Waals surface area contributed by atoms with Gasteiger partial charge in [-0.15, -0.1) is 0 Å². The molecule has 22 heavy (non-hydrogen) atoms. The van der Waals surface area contributed by atoms with Crippen LogP contribution in [0.1, 0.15) is 5.56 Å². The summed E-state index contributed by atoms with van der Waals surface area (Å²) in [7, 11) is 1.80. The summed E-state index contributed by atoms with van der Waals surface area (Å²) in [6.45, 7) is 2.21. The predicted octanol–water partition coefficient (Wildman–Crippen LogP) is 3.03. The average Bonchev–Trinajstić information content (AvgIpc) is 2.85. The average molecular weight is 294 g/mol. The van der Waals surface area contributed by atoms with Gasteiger partial charge in [-0.2, -0.15) is 0 Å². The van der Waals surface area contributed by atoms with Crippen LogP contribution in [-0.4, -0.2) is 22.5 Å². The highest BCUT2D eigenvalue weighted by Crippen LogP contribution is 2.19. The van der Waals surface area contributed by atoms with Crippen molar-refractivity contribution in [1.29, 1.82) is 0 Å². The molecule has 0 saturated heterocycles. The molecule has 5 nitrogen and oxygen atoms in total.